The quantitative estimate of drug-likeness (QED) is 0.780. The third-order valence-corrected chi connectivity index (χ3v) is 3.54. The van der Waals surface area contributed by atoms with Crippen LogP contribution in [-0.2, 0) is 6.61 Å². The predicted molar refractivity (Wildman–Crippen MR) is 86.2 cm³/mol. The van der Waals surface area contributed by atoms with E-state index in [1.165, 1.54) is 24.3 Å². The van der Waals surface area contributed by atoms with Crippen molar-refractivity contribution >= 4 is 0 Å². The van der Waals surface area contributed by atoms with Crippen LogP contribution < -0.4 is 10.2 Å². The van der Waals surface area contributed by atoms with E-state index < -0.39 is 17.3 Å². The molecule has 4 nitrogen and oxygen atoms in total. The van der Waals surface area contributed by atoms with Gasteiger partial charge < -0.3 is 14.3 Å². The van der Waals surface area contributed by atoms with Crippen LogP contribution in [0.25, 0.3) is 0 Å². The Kier molecular flexibility index (Phi) is 4.72. The second-order valence-corrected chi connectivity index (χ2v) is 5.18. The van der Waals surface area contributed by atoms with Crippen molar-refractivity contribution in [3.63, 3.8) is 0 Å². The van der Waals surface area contributed by atoms with Gasteiger partial charge in [-0.05, 0) is 11.6 Å². The first-order valence-corrected chi connectivity index (χ1v) is 7.37. The molecule has 0 aliphatic rings. The molecule has 0 saturated heterocycles. The second-order valence-electron chi connectivity index (χ2n) is 5.18. The first-order chi connectivity index (χ1) is 11.7. The lowest BCUT2D eigenvalue weighted by Crippen LogP contribution is -2.13. The summed E-state index contributed by atoms with van der Waals surface area (Å²) in [6.45, 7) is 0.132. The van der Waals surface area contributed by atoms with Gasteiger partial charge >= 0.3 is 0 Å². The van der Waals surface area contributed by atoms with Crippen molar-refractivity contribution in [1.82, 2.24) is 0 Å². The number of hydrogen-bond acceptors (Lipinski definition) is 4. The Morgan fingerprint density at radius 2 is 1.75 bits per heavy atom. The highest BCUT2D eigenvalue weighted by atomic mass is 19.1. The van der Waals surface area contributed by atoms with E-state index in [0.29, 0.717) is 0 Å². The van der Waals surface area contributed by atoms with E-state index in [-0.39, 0.29) is 23.7 Å². The van der Waals surface area contributed by atoms with Gasteiger partial charge in [0.15, 0.2) is 5.76 Å². The monoisotopic (exact) mass is 326 g/mol. The number of hydrogen-bond donors (Lipinski definition) is 1. The smallest absolute Gasteiger partial charge is 0.227 e. The Morgan fingerprint density at radius 1 is 1.04 bits per heavy atom. The predicted octanol–water partition coefficient (Wildman–Crippen LogP) is 3.44. The Morgan fingerprint density at radius 3 is 2.50 bits per heavy atom. The van der Waals surface area contributed by atoms with Crippen molar-refractivity contribution < 1.29 is 18.7 Å². The first kappa shape index (κ1) is 16.0. The Hall–Kier alpha value is -2.92. The second kappa shape index (κ2) is 7.10. The topological polar surface area (TPSA) is 59.7 Å². The van der Waals surface area contributed by atoms with Gasteiger partial charge in [-0.25, -0.2) is 4.39 Å². The van der Waals surface area contributed by atoms with Gasteiger partial charge in [-0.3, -0.25) is 4.79 Å². The fourth-order valence-electron chi connectivity index (χ4n) is 2.32. The van der Waals surface area contributed by atoms with Crippen LogP contribution >= 0.6 is 0 Å². The largest absolute Gasteiger partial charge is 0.482 e. The van der Waals surface area contributed by atoms with Crippen LogP contribution in [0.1, 0.15) is 23.0 Å². The SMILES string of the molecule is O=c1ccoc(C(O)c2ccccc2F)c1OCc1ccccc1. The molecular weight excluding hydrogens is 311 g/mol. The fourth-order valence-corrected chi connectivity index (χ4v) is 2.32. The molecule has 1 N–H and O–H groups in total. The number of benzene rings is 2. The molecule has 1 atom stereocenters. The Bertz CT molecular complexity index is 874. The molecule has 122 valence electrons. The van der Waals surface area contributed by atoms with Gasteiger partial charge in [0.1, 0.15) is 18.5 Å². The molecule has 3 rings (SSSR count). The van der Waals surface area contributed by atoms with Gasteiger partial charge in [0.2, 0.25) is 11.2 Å². The van der Waals surface area contributed by atoms with Crippen LogP contribution in [0.15, 0.2) is 76.1 Å². The molecule has 0 fully saturated rings. The molecule has 24 heavy (non-hydrogen) atoms. The van der Waals surface area contributed by atoms with Crippen molar-refractivity contribution in [2.24, 2.45) is 0 Å². The van der Waals surface area contributed by atoms with E-state index in [1.807, 2.05) is 30.3 Å². The summed E-state index contributed by atoms with van der Waals surface area (Å²) in [7, 11) is 0. The number of aliphatic hydroxyl groups excluding tert-OH is 1. The maximum Gasteiger partial charge on any atom is 0.227 e. The lowest BCUT2D eigenvalue weighted by molar-refractivity contribution is 0.168. The molecule has 0 amide bonds. The van der Waals surface area contributed by atoms with Gasteiger partial charge in [0, 0.05) is 11.6 Å². The molecule has 1 aromatic heterocycles. The van der Waals surface area contributed by atoms with Crippen molar-refractivity contribution in [1.29, 1.82) is 0 Å². The van der Waals surface area contributed by atoms with Crippen LogP contribution in [0.3, 0.4) is 0 Å². The maximum atomic E-state index is 13.9. The standard InChI is InChI=1S/C19H15FO4/c20-15-9-5-4-8-14(15)17(22)19-18(16(21)10-11-23-19)24-12-13-6-2-1-3-7-13/h1-11,17,22H,12H2. The molecule has 1 heterocycles. The van der Waals surface area contributed by atoms with Crippen molar-refractivity contribution in [2.75, 3.05) is 0 Å². The number of halogens is 1. The Balaban J connectivity index is 1.93. The molecule has 5 heteroatoms. The maximum absolute atomic E-state index is 13.9. The highest BCUT2D eigenvalue weighted by Crippen LogP contribution is 2.29. The summed E-state index contributed by atoms with van der Waals surface area (Å²) < 4.78 is 24.7. The van der Waals surface area contributed by atoms with E-state index in [4.69, 9.17) is 9.15 Å². The molecule has 0 saturated carbocycles. The molecule has 1 unspecified atom stereocenters. The minimum absolute atomic E-state index is 0.0106. The van der Waals surface area contributed by atoms with Crippen LogP contribution in [0.2, 0.25) is 0 Å². The number of ether oxygens (including phenoxy) is 1. The minimum Gasteiger partial charge on any atom is -0.482 e. The third kappa shape index (κ3) is 3.36. The highest BCUT2D eigenvalue weighted by Gasteiger charge is 2.23. The average molecular weight is 326 g/mol. The van der Waals surface area contributed by atoms with E-state index in [1.54, 1.807) is 6.07 Å². The molecule has 0 bridgehead atoms. The van der Waals surface area contributed by atoms with Gasteiger partial charge in [0.25, 0.3) is 0 Å². The zero-order valence-corrected chi connectivity index (χ0v) is 12.7. The average Bonchev–Trinajstić information content (AvgIpc) is 2.61. The molecule has 0 spiro atoms. The number of rotatable bonds is 5. The molecule has 0 radical (unpaired) electrons. The summed E-state index contributed by atoms with van der Waals surface area (Å²) in [4.78, 5) is 12.1. The molecule has 0 aliphatic carbocycles. The van der Waals surface area contributed by atoms with Crippen molar-refractivity contribution in [3.8, 4) is 5.75 Å². The van der Waals surface area contributed by atoms with E-state index in [2.05, 4.69) is 0 Å². The lowest BCUT2D eigenvalue weighted by atomic mass is 10.1. The van der Waals surface area contributed by atoms with Crippen LogP contribution in [-0.4, -0.2) is 5.11 Å². The number of aliphatic hydroxyl groups is 1. The lowest BCUT2D eigenvalue weighted by Gasteiger charge is -2.15. The molecule has 0 aliphatic heterocycles. The van der Waals surface area contributed by atoms with E-state index in [0.717, 1.165) is 11.8 Å². The van der Waals surface area contributed by atoms with Crippen LogP contribution in [0, 0.1) is 5.82 Å². The third-order valence-electron chi connectivity index (χ3n) is 3.54. The zero-order chi connectivity index (χ0) is 16.9. The van der Waals surface area contributed by atoms with Gasteiger partial charge in [-0.1, -0.05) is 48.5 Å². The van der Waals surface area contributed by atoms with Gasteiger partial charge in [-0.2, -0.15) is 0 Å². The van der Waals surface area contributed by atoms with Gasteiger partial charge in [0.05, 0.1) is 6.26 Å². The van der Waals surface area contributed by atoms with Crippen LogP contribution in [0.4, 0.5) is 4.39 Å². The molecule has 3 aromatic rings. The summed E-state index contributed by atoms with van der Waals surface area (Å²) in [6, 6.07) is 16.2. The van der Waals surface area contributed by atoms with E-state index in [9.17, 15) is 14.3 Å². The summed E-state index contributed by atoms with van der Waals surface area (Å²) in [5, 5.41) is 10.4. The van der Waals surface area contributed by atoms with Gasteiger partial charge in [-0.15, -0.1) is 0 Å². The fraction of sp³-hybridized carbons (Fsp3) is 0.105. The summed E-state index contributed by atoms with van der Waals surface area (Å²) in [5.41, 5.74) is 0.422. The Labute approximate surface area is 137 Å². The summed E-state index contributed by atoms with van der Waals surface area (Å²) in [6.07, 6.45) is -0.289. The highest BCUT2D eigenvalue weighted by molar-refractivity contribution is 5.34. The first-order valence-electron chi connectivity index (χ1n) is 7.37. The van der Waals surface area contributed by atoms with Crippen molar-refractivity contribution in [3.05, 3.63) is 99.9 Å². The van der Waals surface area contributed by atoms with Crippen molar-refractivity contribution in [2.45, 2.75) is 12.7 Å². The van der Waals surface area contributed by atoms with Crippen LogP contribution in [0.5, 0.6) is 5.75 Å². The van der Waals surface area contributed by atoms with E-state index >= 15 is 0 Å². The molecular formula is C19H15FO4. The zero-order valence-electron chi connectivity index (χ0n) is 12.7. The minimum atomic E-state index is -1.44. The molecule has 2 aromatic carbocycles. The summed E-state index contributed by atoms with van der Waals surface area (Å²) >= 11 is 0. The summed E-state index contributed by atoms with van der Waals surface area (Å²) in [5.74, 6) is -0.842. The normalized spacial score (nSPS) is 11.9.